The molecule has 0 aromatic heterocycles. The zero-order valence-corrected chi connectivity index (χ0v) is 4.86. The normalized spacial score (nSPS) is 10.2. The van der Waals surface area contributed by atoms with E-state index in [0.717, 1.165) is 12.5 Å². The molecule has 0 aromatic carbocycles. The van der Waals surface area contributed by atoms with Crippen molar-refractivity contribution in [3.8, 4) is 0 Å². The van der Waals surface area contributed by atoms with Crippen LogP contribution < -0.4 is 0 Å². The van der Waals surface area contributed by atoms with Crippen molar-refractivity contribution in [2.24, 2.45) is 0 Å². The second-order valence-electron chi connectivity index (χ2n) is 1.51. The summed E-state index contributed by atoms with van der Waals surface area (Å²) in [6.07, 6.45) is 2.45. The molecule has 0 aliphatic heterocycles. The zero-order valence-electron chi connectivity index (χ0n) is 4.86. The van der Waals surface area contributed by atoms with Gasteiger partial charge in [0.25, 0.3) is 0 Å². The van der Waals surface area contributed by atoms with Gasteiger partial charge in [-0.3, -0.25) is 4.79 Å². The predicted molar refractivity (Wildman–Crippen MR) is 30.2 cm³/mol. The van der Waals surface area contributed by atoms with Gasteiger partial charge in [-0.05, 0) is 6.42 Å². The highest BCUT2D eigenvalue weighted by atomic mass is 19.1. The summed E-state index contributed by atoms with van der Waals surface area (Å²) in [5.74, 6) is -0.144. The molecule has 0 saturated heterocycles. The topological polar surface area (TPSA) is 17.1 Å². The van der Waals surface area contributed by atoms with Crippen LogP contribution >= 0.6 is 0 Å². The van der Waals surface area contributed by atoms with Gasteiger partial charge in [0.1, 0.15) is 0 Å². The third-order valence-corrected chi connectivity index (χ3v) is 0.745. The smallest absolute Gasteiger partial charge is 0.157 e. The van der Waals surface area contributed by atoms with Gasteiger partial charge in [0, 0.05) is 12.5 Å². The molecule has 0 unspecified atom stereocenters. The van der Waals surface area contributed by atoms with Crippen LogP contribution in [0.1, 0.15) is 19.8 Å². The van der Waals surface area contributed by atoms with E-state index in [1.54, 1.807) is 0 Å². The Hall–Kier alpha value is -0.660. The summed E-state index contributed by atoms with van der Waals surface area (Å²) < 4.78 is 11.2. The summed E-state index contributed by atoms with van der Waals surface area (Å²) in [7, 11) is 0. The Kier molecular flexibility index (Phi) is 4.13. The van der Waals surface area contributed by atoms with Crippen molar-refractivity contribution in [2.45, 2.75) is 19.8 Å². The summed E-state index contributed by atoms with van der Waals surface area (Å²) in [6, 6.07) is 0. The maximum atomic E-state index is 11.2. The van der Waals surface area contributed by atoms with Crippen LogP contribution in [0.15, 0.2) is 12.4 Å². The molecule has 0 radical (unpaired) electrons. The average Bonchev–Trinajstić information content (AvgIpc) is 1.68. The minimum Gasteiger partial charge on any atom is -0.295 e. The first-order valence-corrected chi connectivity index (χ1v) is 2.61. The van der Waals surface area contributed by atoms with Crippen LogP contribution in [0.25, 0.3) is 0 Å². The van der Waals surface area contributed by atoms with Crippen molar-refractivity contribution >= 4 is 5.78 Å². The van der Waals surface area contributed by atoms with E-state index < -0.39 is 0 Å². The van der Waals surface area contributed by atoms with Crippen LogP contribution in [-0.4, -0.2) is 5.78 Å². The third-order valence-electron chi connectivity index (χ3n) is 0.745. The number of halogens is 1. The molecule has 2 heteroatoms. The van der Waals surface area contributed by atoms with Crippen LogP contribution in [0, 0.1) is 0 Å². The summed E-state index contributed by atoms with van der Waals surface area (Å²) in [4.78, 5) is 10.3. The van der Waals surface area contributed by atoms with Gasteiger partial charge in [-0.15, -0.1) is 0 Å². The lowest BCUT2D eigenvalue weighted by Gasteiger charge is -1.83. The first kappa shape index (κ1) is 7.34. The molecule has 0 amide bonds. The fourth-order valence-electron chi connectivity index (χ4n) is 0.400. The van der Waals surface area contributed by atoms with E-state index in [2.05, 4.69) is 0 Å². The van der Waals surface area contributed by atoms with Gasteiger partial charge in [-0.25, -0.2) is 4.39 Å². The number of rotatable bonds is 3. The fraction of sp³-hybridized carbons (Fsp3) is 0.500. The van der Waals surface area contributed by atoms with E-state index >= 15 is 0 Å². The Morgan fingerprint density at radius 2 is 2.38 bits per heavy atom. The average molecular weight is 116 g/mol. The third kappa shape index (κ3) is 3.53. The Balaban J connectivity index is 3.33. The van der Waals surface area contributed by atoms with E-state index in [-0.39, 0.29) is 12.1 Å². The summed E-state index contributed by atoms with van der Waals surface area (Å²) in [5, 5.41) is 0. The van der Waals surface area contributed by atoms with E-state index in [4.69, 9.17) is 0 Å². The molecule has 46 valence electrons. The summed E-state index contributed by atoms with van der Waals surface area (Å²) in [5.41, 5.74) is 0. The number of hydrogen-bond acceptors (Lipinski definition) is 1. The first-order chi connectivity index (χ1) is 3.81. The molecule has 0 atom stereocenters. The molecule has 1 nitrogen and oxygen atoms in total. The fourth-order valence-corrected chi connectivity index (χ4v) is 0.400. The lowest BCUT2D eigenvalue weighted by molar-refractivity contribution is -0.114. The number of ketones is 1. The van der Waals surface area contributed by atoms with Gasteiger partial charge in [0.15, 0.2) is 5.78 Å². The number of hydrogen-bond donors (Lipinski definition) is 0. The van der Waals surface area contributed by atoms with E-state index in [1.807, 2.05) is 6.92 Å². The molecular weight excluding hydrogens is 107 g/mol. The van der Waals surface area contributed by atoms with E-state index in [1.165, 1.54) is 0 Å². The number of carbonyl (C=O) groups is 1. The molecule has 0 fully saturated rings. The Labute approximate surface area is 48.2 Å². The first-order valence-electron chi connectivity index (χ1n) is 2.61. The quantitative estimate of drug-likeness (QED) is 0.514. The van der Waals surface area contributed by atoms with E-state index in [9.17, 15) is 9.18 Å². The Morgan fingerprint density at radius 3 is 2.75 bits per heavy atom. The van der Waals surface area contributed by atoms with Crippen LogP contribution in [0.4, 0.5) is 4.39 Å². The van der Waals surface area contributed by atoms with Crippen molar-refractivity contribution in [3.63, 3.8) is 0 Å². The minimum atomic E-state index is -0.144. The lowest BCUT2D eigenvalue weighted by Crippen LogP contribution is -1.88. The summed E-state index contributed by atoms with van der Waals surface area (Å²) >= 11 is 0. The van der Waals surface area contributed by atoms with Crippen molar-refractivity contribution < 1.29 is 9.18 Å². The predicted octanol–water partition coefficient (Wildman–Crippen LogP) is 1.84. The standard InChI is InChI=1S/C6H9FO/c1-2-3-6(8)4-5-7/h4-5H,2-3H2,1H3. The SMILES string of the molecule is CCCC(=O)C=CF. The highest BCUT2D eigenvalue weighted by molar-refractivity contribution is 5.89. The van der Waals surface area contributed by atoms with Crippen molar-refractivity contribution in [1.29, 1.82) is 0 Å². The van der Waals surface area contributed by atoms with Gasteiger partial charge in [-0.2, -0.15) is 0 Å². The Bertz CT molecular complexity index is 96.7. The molecule has 0 aromatic rings. The number of allylic oxidation sites excluding steroid dienone is 1. The Morgan fingerprint density at radius 1 is 1.75 bits per heavy atom. The molecule has 0 spiro atoms. The lowest BCUT2D eigenvalue weighted by atomic mass is 10.2. The largest absolute Gasteiger partial charge is 0.295 e. The van der Waals surface area contributed by atoms with Gasteiger partial charge in [-0.1, -0.05) is 6.92 Å². The van der Waals surface area contributed by atoms with Crippen molar-refractivity contribution in [3.05, 3.63) is 12.4 Å². The highest BCUT2D eigenvalue weighted by Crippen LogP contribution is 1.89. The van der Waals surface area contributed by atoms with E-state index in [0.29, 0.717) is 6.42 Å². The summed E-state index contributed by atoms with van der Waals surface area (Å²) in [6.45, 7) is 1.88. The molecular formula is C6H9FO. The second kappa shape index (κ2) is 4.50. The molecule has 0 aliphatic rings. The zero-order chi connectivity index (χ0) is 6.41. The monoisotopic (exact) mass is 116 g/mol. The molecule has 0 aliphatic carbocycles. The molecule has 0 heterocycles. The second-order valence-corrected chi connectivity index (χ2v) is 1.51. The van der Waals surface area contributed by atoms with Crippen molar-refractivity contribution in [1.82, 2.24) is 0 Å². The maximum absolute atomic E-state index is 11.2. The van der Waals surface area contributed by atoms with Gasteiger partial charge in [0.2, 0.25) is 0 Å². The molecule has 0 saturated carbocycles. The number of carbonyl (C=O) groups excluding carboxylic acids is 1. The van der Waals surface area contributed by atoms with Gasteiger partial charge >= 0.3 is 0 Å². The maximum Gasteiger partial charge on any atom is 0.157 e. The molecule has 8 heavy (non-hydrogen) atoms. The van der Waals surface area contributed by atoms with Gasteiger partial charge < -0.3 is 0 Å². The highest BCUT2D eigenvalue weighted by Gasteiger charge is 1.90. The van der Waals surface area contributed by atoms with Crippen LogP contribution in [0.3, 0.4) is 0 Å². The van der Waals surface area contributed by atoms with Crippen LogP contribution in [-0.2, 0) is 4.79 Å². The van der Waals surface area contributed by atoms with Crippen LogP contribution in [0.2, 0.25) is 0 Å². The molecule has 0 bridgehead atoms. The molecule has 0 N–H and O–H groups in total. The van der Waals surface area contributed by atoms with Gasteiger partial charge in [0.05, 0.1) is 6.33 Å². The van der Waals surface area contributed by atoms with Crippen molar-refractivity contribution in [2.75, 3.05) is 0 Å². The minimum absolute atomic E-state index is 0.144. The molecule has 0 rings (SSSR count). The van der Waals surface area contributed by atoms with Crippen LogP contribution in [0.5, 0.6) is 0 Å².